The van der Waals surface area contributed by atoms with Gasteiger partial charge in [-0.15, -0.1) is 10.2 Å². The van der Waals surface area contributed by atoms with E-state index in [1.54, 1.807) is 12.3 Å². The van der Waals surface area contributed by atoms with Crippen LogP contribution in [0.1, 0.15) is 11.4 Å². The number of fused-ring (bicyclic) bond motifs is 3. The van der Waals surface area contributed by atoms with Crippen LogP contribution in [0.2, 0.25) is 5.02 Å². The van der Waals surface area contributed by atoms with E-state index in [2.05, 4.69) is 15.5 Å². The van der Waals surface area contributed by atoms with Crippen molar-refractivity contribution in [2.24, 2.45) is 0 Å². The number of aromatic nitrogens is 3. The lowest BCUT2D eigenvalue weighted by atomic mass is 10.2. The van der Waals surface area contributed by atoms with Crippen molar-refractivity contribution >= 4 is 51.6 Å². The fourth-order valence-corrected chi connectivity index (χ4v) is 3.72. The highest BCUT2D eigenvalue weighted by Gasteiger charge is 2.15. The molecule has 8 heteroatoms. The van der Waals surface area contributed by atoms with Gasteiger partial charge in [0, 0.05) is 22.8 Å². The minimum absolute atomic E-state index is 0.129. The van der Waals surface area contributed by atoms with E-state index in [1.165, 1.54) is 11.8 Å². The number of carbonyl (C=O) groups excluding carboxylic acids is 1. The van der Waals surface area contributed by atoms with E-state index in [9.17, 15) is 4.79 Å². The Hall–Kier alpha value is -2.51. The zero-order valence-corrected chi connectivity index (χ0v) is 15.7. The molecule has 0 unspecified atom stereocenters. The van der Waals surface area contributed by atoms with Gasteiger partial charge in [0.25, 0.3) is 0 Å². The molecule has 26 heavy (non-hydrogen) atoms. The molecule has 3 heterocycles. The molecule has 0 bridgehead atoms. The van der Waals surface area contributed by atoms with Crippen LogP contribution in [-0.2, 0) is 4.79 Å². The summed E-state index contributed by atoms with van der Waals surface area (Å²) in [6, 6.07) is 9.23. The smallest absolute Gasteiger partial charge is 0.234 e. The Kier molecular flexibility index (Phi) is 4.34. The van der Waals surface area contributed by atoms with Crippen molar-refractivity contribution in [2.75, 3.05) is 11.1 Å². The predicted molar refractivity (Wildman–Crippen MR) is 103 cm³/mol. The highest BCUT2D eigenvalue weighted by atomic mass is 35.5. The van der Waals surface area contributed by atoms with Crippen molar-refractivity contribution in [1.82, 2.24) is 14.6 Å². The molecule has 0 aliphatic carbocycles. The standard InChI is InChI=1S/C18H15ClN4O2S/c1-10-12(19)4-3-5-13(10)20-17(24)9-26-18-15-8-16-14(6-7-25-16)23(15)11(2)21-22-18/h3-8H,9H2,1-2H3,(H,20,24). The summed E-state index contributed by atoms with van der Waals surface area (Å²) < 4.78 is 7.44. The second kappa shape index (κ2) is 6.66. The van der Waals surface area contributed by atoms with Crippen LogP contribution in [-0.4, -0.2) is 26.3 Å². The molecule has 0 saturated carbocycles. The van der Waals surface area contributed by atoms with Gasteiger partial charge in [-0.2, -0.15) is 0 Å². The van der Waals surface area contributed by atoms with Gasteiger partial charge in [0.15, 0.2) is 5.58 Å². The quantitative estimate of drug-likeness (QED) is 0.523. The molecule has 4 rings (SSSR count). The van der Waals surface area contributed by atoms with Gasteiger partial charge in [-0.05, 0) is 31.5 Å². The first kappa shape index (κ1) is 16.9. The molecule has 0 radical (unpaired) electrons. The van der Waals surface area contributed by atoms with Crippen LogP contribution < -0.4 is 5.32 Å². The number of amides is 1. The Morgan fingerprint density at radius 3 is 2.96 bits per heavy atom. The molecule has 0 aliphatic heterocycles. The molecule has 0 fully saturated rings. The molecule has 4 aromatic rings. The summed E-state index contributed by atoms with van der Waals surface area (Å²) in [5.41, 5.74) is 4.14. The van der Waals surface area contributed by atoms with Gasteiger partial charge >= 0.3 is 0 Å². The van der Waals surface area contributed by atoms with Gasteiger partial charge in [0.05, 0.1) is 23.0 Å². The summed E-state index contributed by atoms with van der Waals surface area (Å²) >= 11 is 7.43. The second-order valence-corrected chi connectivity index (χ2v) is 7.21. The SMILES string of the molecule is Cc1c(Cl)cccc1NC(=O)CSc1nnc(C)n2c1cc1occc12. The number of hydrogen-bond donors (Lipinski definition) is 1. The number of halogens is 1. The Balaban J connectivity index is 1.55. The number of rotatable bonds is 4. The predicted octanol–water partition coefficient (Wildman–Crippen LogP) is 4.48. The molecule has 6 nitrogen and oxygen atoms in total. The van der Waals surface area contributed by atoms with Crippen LogP contribution in [0.4, 0.5) is 5.69 Å². The number of nitrogens with zero attached hydrogens (tertiary/aromatic N) is 3. The Labute approximate surface area is 158 Å². The van der Waals surface area contributed by atoms with Crippen molar-refractivity contribution in [1.29, 1.82) is 0 Å². The number of benzene rings is 1. The largest absolute Gasteiger partial charge is 0.463 e. The van der Waals surface area contributed by atoms with E-state index in [0.717, 1.165) is 28.0 Å². The van der Waals surface area contributed by atoms with E-state index < -0.39 is 0 Å². The topological polar surface area (TPSA) is 72.4 Å². The van der Waals surface area contributed by atoms with Crippen LogP contribution in [0, 0.1) is 13.8 Å². The first-order valence-corrected chi connectivity index (χ1v) is 9.30. The van der Waals surface area contributed by atoms with Crippen molar-refractivity contribution in [2.45, 2.75) is 18.9 Å². The highest BCUT2D eigenvalue weighted by Crippen LogP contribution is 2.29. The van der Waals surface area contributed by atoms with Crippen molar-refractivity contribution in [3.63, 3.8) is 0 Å². The summed E-state index contributed by atoms with van der Waals surface area (Å²) in [6.07, 6.45) is 1.64. The van der Waals surface area contributed by atoms with E-state index in [0.29, 0.717) is 15.7 Å². The molecule has 0 saturated heterocycles. The van der Waals surface area contributed by atoms with Gasteiger partial charge < -0.3 is 9.73 Å². The van der Waals surface area contributed by atoms with Crippen LogP contribution in [0.15, 0.2) is 46.0 Å². The van der Waals surface area contributed by atoms with E-state index >= 15 is 0 Å². The lowest BCUT2D eigenvalue weighted by Gasteiger charge is -2.09. The number of aryl methyl sites for hydroxylation is 1. The molecule has 0 spiro atoms. The molecular formula is C18H15ClN4O2S. The van der Waals surface area contributed by atoms with E-state index in [1.807, 2.05) is 42.5 Å². The van der Waals surface area contributed by atoms with Crippen LogP contribution >= 0.6 is 23.4 Å². The third-order valence-electron chi connectivity index (χ3n) is 4.13. The number of nitrogens with one attached hydrogen (secondary N) is 1. The lowest BCUT2D eigenvalue weighted by Crippen LogP contribution is -2.15. The molecular weight excluding hydrogens is 372 g/mol. The van der Waals surface area contributed by atoms with Gasteiger partial charge in [0.1, 0.15) is 10.9 Å². The summed E-state index contributed by atoms with van der Waals surface area (Å²) in [7, 11) is 0. The fraction of sp³-hybridized carbons (Fsp3) is 0.167. The number of thioether (sulfide) groups is 1. The fourth-order valence-electron chi connectivity index (χ4n) is 2.81. The van der Waals surface area contributed by atoms with E-state index in [-0.39, 0.29) is 11.7 Å². The highest BCUT2D eigenvalue weighted by molar-refractivity contribution is 8.00. The summed E-state index contributed by atoms with van der Waals surface area (Å²) in [5.74, 6) is 0.849. The average Bonchev–Trinajstić information content (AvgIpc) is 3.20. The summed E-state index contributed by atoms with van der Waals surface area (Å²) in [6.45, 7) is 3.76. The van der Waals surface area contributed by atoms with Gasteiger partial charge in [-0.25, -0.2) is 0 Å². The Morgan fingerprint density at radius 2 is 2.12 bits per heavy atom. The Bertz CT molecular complexity index is 1140. The minimum Gasteiger partial charge on any atom is -0.463 e. The Morgan fingerprint density at radius 1 is 1.27 bits per heavy atom. The number of carbonyl (C=O) groups is 1. The molecule has 1 amide bonds. The number of furan rings is 1. The van der Waals surface area contributed by atoms with Gasteiger partial charge in [-0.3, -0.25) is 9.20 Å². The third kappa shape index (κ3) is 2.93. The summed E-state index contributed by atoms with van der Waals surface area (Å²) in [4.78, 5) is 12.3. The molecule has 132 valence electrons. The van der Waals surface area contributed by atoms with Crippen molar-refractivity contribution in [3.05, 3.63) is 53.0 Å². The number of hydrogen-bond acceptors (Lipinski definition) is 5. The lowest BCUT2D eigenvalue weighted by molar-refractivity contribution is -0.113. The molecule has 0 atom stereocenters. The summed E-state index contributed by atoms with van der Waals surface area (Å²) in [5, 5.41) is 12.6. The molecule has 0 aliphatic rings. The molecule has 3 aromatic heterocycles. The van der Waals surface area contributed by atoms with Crippen molar-refractivity contribution < 1.29 is 9.21 Å². The van der Waals surface area contributed by atoms with E-state index in [4.69, 9.17) is 16.0 Å². The first-order chi connectivity index (χ1) is 12.5. The van der Waals surface area contributed by atoms with Crippen LogP contribution in [0.5, 0.6) is 0 Å². The minimum atomic E-state index is -0.129. The second-order valence-electron chi connectivity index (χ2n) is 5.84. The molecule has 1 aromatic carbocycles. The monoisotopic (exact) mass is 386 g/mol. The normalized spacial score (nSPS) is 11.3. The maximum Gasteiger partial charge on any atom is 0.234 e. The zero-order valence-electron chi connectivity index (χ0n) is 14.1. The average molecular weight is 387 g/mol. The zero-order chi connectivity index (χ0) is 18.3. The third-order valence-corrected chi connectivity index (χ3v) is 5.51. The van der Waals surface area contributed by atoms with Crippen LogP contribution in [0.3, 0.4) is 0 Å². The van der Waals surface area contributed by atoms with Crippen LogP contribution in [0.25, 0.3) is 16.6 Å². The van der Waals surface area contributed by atoms with Gasteiger partial charge in [-0.1, -0.05) is 29.4 Å². The molecule has 1 N–H and O–H groups in total. The first-order valence-electron chi connectivity index (χ1n) is 7.94. The van der Waals surface area contributed by atoms with Crippen molar-refractivity contribution in [3.8, 4) is 0 Å². The van der Waals surface area contributed by atoms with Gasteiger partial charge in [0.2, 0.25) is 5.91 Å². The maximum absolute atomic E-state index is 12.3. The number of anilines is 1. The maximum atomic E-state index is 12.3.